The second-order valence-corrected chi connectivity index (χ2v) is 8.71. The highest BCUT2D eigenvalue weighted by atomic mass is 32.1. The van der Waals surface area contributed by atoms with Crippen molar-refractivity contribution in [1.82, 2.24) is 20.7 Å². The highest BCUT2D eigenvalue weighted by molar-refractivity contribution is 7.19. The van der Waals surface area contributed by atoms with Crippen LogP contribution in [0.2, 0.25) is 0 Å². The van der Waals surface area contributed by atoms with Crippen LogP contribution in [-0.4, -0.2) is 41.4 Å². The number of rotatable bonds is 3. The van der Waals surface area contributed by atoms with Crippen LogP contribution in [0.15, 0.2) is 54.2 Å². The van der Waals surface area contributed by atoms with Crippen molar-refractivity contribution in [3.8, 4) is 5.75 Å². The summed E-state index contributed by atoms with van der Waals surface area (Å²) >= 11 is 1.29. The average molecular weight is 460 g/mol. The zero-order valence-corrected chi connectivity index (χ0v) is 17.9. The van der Waals surface area contributed by atoms with E-state index >= 15 is 0 Å². The van der Waals surface area contributed by atoms with E-state index in [9.17, 15) is 18.0 Å². The van der Waals surface area contributed by atoms with Gasteiger partial charge in [0.25, 0.3) is 5.91 Å². The lowest BCUT2D eigenvalue weighted by Crippen LogP contribution is -2.54. The molecule has 0 saturated carbocycles. The second kappa shape index (κ2) is 7.49. The van der Waals surface area contributed by atoms with Crippen molar-refractivity contribution in [2.75, 3.05) is 7.11 Å². The number of fused-ring (bicyclic) bond motifs is 2. The molecule has 1 fully saturated rings. The number of carbonyl (C=O) groups excluding carboxylic acids is 1. The Kier molecular flexibility index (Phi) is 4.86. The molecule has 1 saturated heterocycles. The number of ether oxygens (including phenoxy) is 1. The molecule has 2 aliphatic rings. The van der Waals surface area contributed by atoms with Crippen LogP contribution in [0.1, 0.15) is 23.4 Å². The molecule has 0 aliphatic carbocycles. The number of halogens is 3. The lowest BCUT2D eigenvalue weighted by Gasteiger charge is -2.34. The number of hydrogen-bond acceptors (Lipinski definition) is 6. The average Bonchev–Trinajstić information content (AvgIpc) is 3.36. The number of alkyl halides is 3. The molecule has 3 heterocycles. The number of benzene rings is 2. The first kappa shape index (κ1) is 20.8. The Labute approximate surface area is 185 Å². The van der Waals surface area contributed by atoms with Gasteiger partial charge in [-0.25, -0.2) is 15.4 Å². The zero-order valence-electron chi connectivity index (χ0n) is 17.1. The van der Waals surface area contributed by atoms with Gasteiger partial charge in [0.05, 0.1) is 23.3 Å². The number of thiazole rings is 1. The Balaban J connectivity index is 1.58. The number of amides is 1. The number of para-hydroxylation sites is 1. The number of nitrogens with one attached hydrogen (secondary N) is 2. The molecular formula is C22H19F3N4O2S. The van der Waals surface area contributed by atoms with Crippen LogP contribution in [0.5, 0.6) is 5.75 Å². The maximum Gasteiger partial charge on any atom is 0.406 e. The molecule has 3 atom stereocenters. The largest absolute Gasteiger partial charge is 0.494 e. The first-order valence-electron chi connectivity index (χ1n) is 9.92. The molecule has 166 valence electrons. The maximum atomic E-state index is 13.9. The topological polar surface area (TPSA) is 66.5 Å². The van der Waals surface area contributed by atoms with Gasteiger partial charge in [-0.15, -0.1) is 11.3 Å². The fourth-order valence-corrected chi connectivity index (χ4v) is 5.42. The summed E-state index contributed by atoms with van der Waals surface area (Å²) in [6, 6.07) is 12.0. The smallest absolute Gasteiger partial charge is 0.406 e. The maximum absolute atomic E-state index is 13.9. The molecule has 1 aromatic heterocycles. The third kappa shape index (κ3) is 3.21. The molecule has 0 spiro atoms. The van der Waals surface area contributed by atoms with Crippen LogP contribution >= 0.6 is 11.3 Å². The van der Waals surface area contributed by atoms with Crippen molar-refractivity contribution in [1.29, 1.82) is 0 Å². The lowest BCUT2D eigenvalue weighted by atomic mass is 9.89. The van der Waals surface area contributed by atoms with Crippen LogP contribution in [0.4, 0.5) is 13.2 Å². The van der Waals surface area contributed by atoms with Crippen molar-refractivity contribution in [2.24, 2.45) is 0 Å². The summed E-state index contributed by atoms with van der Waals surface area (Å²) in [6.45, 7) is 1.69. The van der Waals surface area contributed by atoms with E-state index in [1.807, 2.05) is 12.1 Å². The number of hydrazine groups is 1. The van der Waals surface area contributed by atoms with Crippen molar-refractivity contribution in [3.05, 3.63) is 64.8 Å². The summed E-state index contributed by atoms with van der Waals surface area (Å²) in [5.41, 5.74) is 4.25. The Morgan fingerprint density at radius 2 is 1.88 bits per heavy atom. The summed E-state index contributed by atoms with van der Waals surface area (Å²) in [5, 5.41) is 4.62. The second-order valence-electron chi connectivity index (χ2n) is 7.68. The molecule has 2 aromatic carbocycles. The van der Waals surface area contributed by atoms with Gasteiger partial charge >= 0.3 is 6.18 Å². The highest BCUT2D eigenvalue weighted by Gasteiger charge is 2.57. The third-order valence-electron chi connectivity index (χ3n) is 5.78. The number of allylic oxidation sites excluding steroid dienone is 1. The van der Waals surface area contributed by atoms with E-state index in [4.69, 9.17) is 4.74 Å². The van der Waals surface area contributed by atoms with E-state index < -0.39 is 30.2 Å². The molecule has 6 nitrogen and oxygen atoms in total. The number of methoxy groups -OCH3 is 1. The van der Waals surface area contributed by atoms with E-state index in [2.05, 4.69) is 15.7 Å². The molecule has 0 radical (unpaired) electrons. The fraction of sp³-hybridized carbons (Fsp3) is 0.273. The van der Waals surface area contributed by atoms with Gasteiger partial charge in [-0.1, -0.05) is 36.4 Å². The standard InChI is InChI=1S/C22H19F3N4O2S/c1-11-15(20-27-17-13(31-2)9-6-10-14(17)32-20)21(30)29-19(26-11)16(12-7-4-3-5-8-12)18(28-29)22(23,24)25/h3-10,16,18-19,26,28H,1-2H3. The molecule has 3 aromatic rings. The Morgan fingerprint density at radius 1 is 1.12 bits per heavy atom. The monoisotopic (exact) mass is 460 g/mol. The van der Waals surface area contributed by atoms with E-state index in [1.54, 1.807) is 43.3 Å². The summed E-state index contributed by atoms with van der Waals surface area (Å²) in [4.78, 5) is 18.0. The molecule has 0 bridgehead atoms. The van der Waals surface area contributed by atoms with Crippen molar-refractivity contribution >= 4 is 33.0 Å². The minimum Gasteiger partial charge on any atom is -0.494 e. The summed E-state index contributed by atoms with van der Waals surface area (Å²) in [7, 11) is 1.53. The number of carbonyl (C=O) groups is 1. The predicted molar refractivity (Wildman–Crippen MR) is 115 cm³/mol. The predicted octanol–water partition coefficient (Wildman–Crippen LogP) is 4.03. The van der Waals surface area contributed by atoms with Gasteiger partial charge in [0.15, 0.2) is 0 Å². The van der Waals surface area contributed by atoms with Crippen molar-refractivity contribution in [2.45, 2.75) is 31.2 Å². The Hall–Kier alpha value is -3.11. The normalized spacial score (nSPS) is 23.5. The van der Waals surface area contributed by atoms with Crippen LogP contribution in [0.25, 0.3) is 15.8 Å². The molecular weight excluding hydrogens is 441 g/mol. The Morgan fingerprint density at radius 3 is 2.56 bits per heavy atom. The van der Waals surface area contributed by atoms with Gasteiger partial charge in [0.1, 0.15) is 28.5 Å². The molecule has 10 heteroatoms. The molecule has 2 N–H and O–H groups in total. The highest BCUT2D eigenvalue weighted by Crippen LogP contribution is 2.43. The molecule has 2 aliphatic heterocycles. The fourth-order valence-electron chi connectivity index (χ4n) is 4.34. The lowest BCUT2D eigenvalue weighted by molar-refractivity contribution is -0.161. The minimum atomic E-state index is -4.54. The molecule has 1 amide bonds. The number of aromatic nitrogens is 1. The summed E-state index contributed by atoms with van der Waals surface area (Å²) < 4.78 is 48.0. The van der Waals surface area contributed by atoms with Crippen LogP contribution < -0.4 is 15.5 Å². The van der Waals surface area contributed by atoms with Gasteiger partial charge in [-0.2, -0.15) is 13.2 Å². The van der Waals surface area contributed by atoms with Gasteiger partial charge in [-0.05, 0) is 24.6 Å². The third-order valence-corrected chi connectivity index (χ3v) is 6.82. The summed E-state index contributed by atoms with van der Waals surface area (Å²) in [6.07, 6.45) is -5.43. The quantitative estimate of drug-likeness (QED) is 0.618. The first-order chi connectivity index (χ1) is 15.3. The first-order valence-corrected chi connectivity index (χ1v) is 10.7. The SMILES string of the molecule is COc1cccc2sc(C3=C(C)NC4C(c5ccccc5)C(C(F)(F)F)NN4C3=O)nc12. The number of nitrogens with zero attached hydrogens (tertiary/aromatic N) is 2. The molecule has 3 unspecified atom stereocenters. The van der Waals surface area contributed by atoms with Crippen LogP contribution in [0, 0.1) is 0 Å². The van der Waals surface area contributed by atoms with Crippen LogP contribution in [0.3, 0.4) is 0 Å². The Bertz CT molecular complexity index is 1220. The van der Waals surface area contributed by atoms with Gasteiger partial charge in [0, 0.05) is 5.70 Å². The van der Waals surface area contributed by atoms with E-state index in [-0.39, 0.29) is 5.57 Å². The molecule has 32 heavy (non-hydrogen) atoms. The van der Waals surface area contributed by atoms with Crippen LogP contribution in [-0.2, 0) is 4.79 Å². The van der Waals surface area contributed by atoms with Crippen molar-refractivity contribution in [3.63, 3.8) is 0 Å². The van der Waals surface area contributed by atoms with E-state index in [0.29, 0.717) is 27.5 Å². The minimum absolute atomic E-state index is 0.242. The van der Waals surface area contributed by atoms with E-state index in [1.165, 1.54) is 18.4 Å². The van der Waals surface area contributed by atoms with E-state index in [0.717, 1.165) is 9.71 Å². The van der Waals surface area contributed by atoms with Gasteiger partial charge in [-0.3, -0.25) is 4.79 Å². The zero-order chi connectivity index (χ0) is 22.6. The molecule has 5 rings (SSSR count). The van der Waals surface area contributed by atoms with Gasteiger partial charge in [0.2, 0.25) is 0 Å². The number of hydrogen-bond donors (Lipinski definition) is 2. The summed E-state index contributed by atoms with van der Waals surface area (Å²) in [5.74, 6) is -0.984. The van der Waals surface area contributed by atoms with Crippen molar-refractivity contribution < 1.29 is 22.7 Å². The van der Waals surface area contributed by atoms with Gasteiger partial charge < -0.3 is 10.1 Å².